The van der Waals surface area contributed by atoms with E-state index in [1.54, 1.807) is 54.7 Å². The molecule has 1 N–H and O–H groups in total. The molecule has 2 aromatic heterocycles. The summed E-state index contributed by atoms with van der Waals surface area (Å²) in [6, 6.07) is 18.3. The molecule has 8 nitrogen and oxygen atoms in total. The van der Waals surface area contributed by atoms with E-state index in [0.717, 1.165) is 16.7 Å². The molecule has 0 saturated heterocycles. The minimum absolute atomic E-state index is 0.00969. The van der Waals surface area contributed by atoms with Crippen molar-refractivity contribution >= 4 is 21.7 Å². The Morgan fingerprint density at radius 2 is 1.72 bits per heavy atom. The van der Waals surface area contributed by atoms with E-state index in [-0.39, 0.29) is 23.6 Å². The summed E-state index contributed by atoms with van der Waals surface area (Å²) < 4.78 is 35.0. The Labute approximate surface area is 209 Å². The van der Waals surface area contributed by atoms with Crippen LogP contribution in [0, 0.1) is 13.8 Å². The number of benzene rings is 2. The Morgan fingerprint density at radius 3 is 2.36 bits per heavy atom. The molecule has 184 valence electrons. The molecule has 0 saturated carbocycles. The molecule has 0 radical (unpaired) electrons. The van der Waals surface area contributed by atoms with Gasteiger partial charge in [0.05, 0.1) is 23.5 Å². The minimum Gasteiger partial charge on any atom is -0.487 e. The maximum Gasteiger partial charge on any atom is 0.335 e. The lowest BCUT2D eigenvalue weighted by atomic mass is 10.1. The first-order chi connectivity index (χ1) is 17.3. The molecule has 0 unspecified atom stereocenters. The summed E-state index contributed by atoms with van der Waals surface area (Å²) in [4.78, 5) is 19.5. The minimum atomic E-state index is -4.02. The molecule has 2 heterocycles. The van der Waals surface area contributed by atoms with E-state index in [2.05, 4.69) is 9.97 Å². The number of nitrogens with zero attached hydrogens (tertiary/aromatic N) is 3. The molecule has 0 fully saturated rings. The molecule has 4 aromatic rings. The van der Waals surface area contributed by atoms with Crippen LogP contribution in [0.1, 0.15) is 32.7 Å². The average molecular weight is 504 g/mol. The van der Waals surface area contributed by atoms with Gasteiger partial charge in [-0.1, -0.05) is 18.2 Å². The van der Waals surface area contributed by atoms with Crippen molar-refractivity contribution in [3.63, 3.8) is 0 Å². The third-order valence-electron chi connectivity index (χ3n) is 5.69. The molecule has 0 atom stereocenters. The van der Waals surface area contributed by atoms with Gasteiger partial charge in [-0.15, -0.1) is 0 Å². The molecule has 0 bridgehead atoms. The summed E-state index contributed by atoms with van der Waals surface area (Å²) in [5.41, 5.74) is 3.69. The topological polar surface area (TPSA) is 110 Å². The van der Waals surface area contributed by atoms with Gasteiger partial charge in [0.2, 0.25) is 0 Å². The number of ether oxygens (including phenoxy) is 1. The van der Waals surface area contributed by atoms with E-state index in [1.165, 1.54) is 34.9 Å². The summed E-state index contributed by atoms with van der Waals surface area (Å²) in [5.74, 6) is -0.631. The first-order valence-corrected chi connectivity index (χ1v) is 12.6. The van der Waals surface area contributed by atoms with Crippen LogP contribution < -0.4 is 9.04 Å². The van der Waals surface area contributed by atoms with Gasteiger partial charge in [0.15, 0.2) is 0 Å². The molecular formula is C27H25N3O5S. The SMILES string of the molecule is Cc1cc(OCc2ccc(C(=O)O)cc2)c(N(Cc2ccccn2)S(=O)(=O)c2cccnc2)cc1C. The van der Waals surface area contributed by atoms with Crippen LogP contribution in [0.25, 0.3) is 0 Å². The third-order valence-corrected chi connectivity index (χ3v) is 7.44. The van der Waals surface area contributed by atoms with Crippen LogP contribution >= 0.6 is 0 Å². The van der Waals surface area contributed by atoms with Crippen LogP contribution in [0.4, 0.5) is 5.69 Å². The van der Waals surface area contributed by atoms with Gasteiger partial charge >= 0.3 is 5.97 Å². The fourth-order valence-corrected chi connectivity index (χ4v) is 4.96. The lowest BCUT2D eigenvalue weighted by Crippen LogP contribution is -2.31. The summed E-state index contributed by atoms with van der Waals surface area (Å²) >= 11 is 0. The van der Waals surface area contributed by atoms with Gasteiger partial charge in [-0.05, 0) is 79.1 Å². The van der Waals surface area contributed by atoms with Crippen molar-refractivity contribution in [1.29, 1.82) is 0 Å². The van der Waals surface area contributed by atoms with Gasteiger partial charge < -0.3 is 9.84 Å². The highest BCUT2D eigenvalue weighted by Crippen LogP contribution is 2.36. The second kappa shape index (κ2) is 10.6. The normalized spacial score (nSPS) is 11.2. The molecule has 4 rings (SSSR count). The largest absolute Gasteiger partial charge is 0.487 e. The molecule has 0 aliphatic carbocycles. The van der Waals surface area contributed by atoms with Crippen molar-refractivity contribution in [2.75, 3.05) is 4.31 Å². The van der Waals surface area contributed by atoms with Crippen molar-refractivity contribution in [1.82, 2.24) is 9.97 Å². The Balaban J connectivity index is 1.76. The van der Waals surface area contributed by atoms with Crippen LogP contribution in [0.2, 0.25) is 0 Å². The molecule has 0 amide bonds. The number of hydrogen-bond donors (Lipinski definition) is 1. The predicted molar refractivity (Wildman–Crippen MR) is 135 cm³/mol. The second-order valence-corrected chi connectivity index (χ2v) is 10.1. The van der Waals surface area contributed by atoms with E-state index in [0.29, 0.717) is 17.1 Å². The molecule has 36 heavy (non-hydrogen) atoms. The zero-order chi connectivity index (χ0) is 25.7. The summed E-state index contributed by atoms with van der Waals surface area (Å²) in [5, 5.41) is 9.13. The van der Waals surface area contributed by atoms with Gasteiger partial charge in [0.25, 0.3) is 10.0 Å². The van der Waals surface area contributed by atoms with Crippen molar-refractivity contribution in [2.45, 2.75) is 31.9 Å². The monoisotopic (exact) mass is 503 g/mol. The number of hydrogen-bond acceptors (Lipinski definition) is 6. The van der Waals surface area contributed by atoms with E-state index in [4.69, 9.17) is 9.84 Å². The van der Waals surface area contributed by atoms with Crippen LogP contribution in [-0.4, -0.2) is 29.5 Å². The van der Waals surface area contributed by atoms with E-state index >= 15 is 0 Å². The zero-order valence-electron chi connectivity index (χ0n) is 19.8. The maximum atomic E-state index is 13.8. The summed E-state index contributed by atoms with van der Waals surface area (Å²) in [7, 11) is -4.02. The summed E-state index contributed by atoms with van der Waals surface area (Å²) in [6.07, 6.45) is 4.44. The molecule has 0 aliphatic heterocycles. The highest BCUT2D eigenvalue weighted by Gasteiger charge is 2.29. The molecule has 0 aliphatic rings. The summed E-state index contributed by atoms with van der Waals surface area (Å²) in [6.45, 7) is 3.94. The molecule has 0 spiro atoms. The van der Waals surface area contributed by atoms with Crippen LogP contribution in [0.5, 0.6) is 5.75 Å². The lowest BCUT2D eigenvalue weighted by Gasteiger charge is -2.27. The smallest absolute Gasteiger partial charge is 0.335 e. The van der Waals surface area contributed by atoms with Crippen molar-refractivity contribution in [2.24, 2.45) is 0 Å². The van der Waals surface area contributed by atoms with Gasteiger partial charge in [-0.2, -0.15) is 0 Å². The molecular weight excluding hydrogens is 478 g/mol. The number of pyridine rings is 2. The number of carboxylic acid groups (broad SMARTS) is 1. The lowest BCUT2D eigenvalue weighted by molar-refractivity contribution is 0.0697. The van der Waals surface area contributed by atoms with E-state index in [1.807, 2.05) is 13.8 Å². The quantitative estimate of drug-likeness (QED) is 0.350. The fraction of sp³-hybridized carbons (Fsp3) is 0.148. The average Bonchev–Trinajstić information content (AvgIpc) is 2.89. The Morgan fingerprint density at radius 1 is 0.972 bits per heavy atom. The van der Waals surface area contributed by atoms with E-state index < -0.39 is 16.0 Å². The maximum absolute atomic E-state index is 13.8. The molecule has 9 heteroatoms. The standard InChI is InChI=1S/C27H25N3O5S/c1-19-14-25(26(15-20(19)2)35-18-21-8-10-22(11-9-21)27(31)32)30(17-23-6-3-4-13-29-23)36(33,34)24-7-5-12-28-16-24/h3-16H,17-18H2,1-2H3,(H,31,32). The van der Waals surface area contributed by atoms with Crippen LogP contribution in [0.15, 0.2) is 90.2 Å². The number of carboxylic acids is 1. The van der Waals surface area contributed by atoms with Crippen LogP contribution in [-0.2, 0) is 23.2 Å². The first-order valence-electron chi connectivity index (χ1n) is 11.1. The fourth-order valence-electron chi connectivity index (χ4n) is 3.55. The highest BCUT2D eigenvalue weighted by molar-refractivity contribution is 7.92. The third kappa shape index (κ3) is 5.52. The van der Waals surface area contributed by atoms with E-state index in [9.17, 15) is 13.2 Å². The molecule has 2 aromatic carbocycles. The number of aromatic nitrogens is 2. The Kier molecular flexibility index (Phi) is 7.30. The van der Waals surface area contributed by atoms with Gasteiger partial charge in [-0.3, -0.25) is 14.3 Å². The van der Waals surface area contributed by atoms with Gasteiger partial charge in [0.1, 0.15) is 17.3 Å². The number of aromatic carboxylic acids is 1. The Bertz CT molecular complexity index is 1460. The number of aryl methyl sites for hydroxylation is 2. The number of carbonyl (C=O) groups is 1. The van der Waals surface area contributed by atoms with Crippen molar-refractivity contribution < 1.29 is 23.1 Å². The Hall–Kier alpha value is -4.24. The number of anilines is 1. The number of sulfonamides is 1. The second-order valence-electron chi connectivity index (χ2n) is 8.22. The predicted octanol–water partition coefficient (Wildman–Crippen LogP) is 4.77. The van der Waals surface area contributed by atoms with Crippen LogP contribution in [0.3, 0.4) is 0 Å². The van der Waals surface area contributed by atoms with Crippen molar-refractivity contribution in [3.8, 4) is 5.75 Å². The van der Waals surface area contributed by atoms with Gasteiger partial charge in [0, 0.05) is 18.6 Å². The first kappa shape index (κ1) is 24.9. The van der Waals surface area contributed by atoms with Gasteiger partial charge in [-0.25, -0.2) is 13.2 Å². The van der Waals surface area contributed by atoms with Crippen molar-refractivity contribution in [3.05, 3.63) is 113 Å². The number of rotatable bonds is 9. The zero-order valence-corrected chi connectivity index (χ0v) is 20.6. The highest BCUT2D eigenvalue weighted by atomic mass is 32.2.